The fraction of sp³-hybridized carbons (Fsp3) is 0.143. The van der Waals surface area contributed by atoms with Crippen molar-refractivity contribution in [3.8, 4) is 0 Å². The molecule has 0 amide bonds. The summed E-state index contributed by atoms with van der Waals surface area (Å²) in [5, 5.41) is 0. The molecule has 19 heavy (non-hydrogen) atoms. The fourth-order valence-corrected chi connectivity index (χ4v) is 2.59. The number of benzene rings is 2. The van der Waals surface area contributed by atoms with Crippen LogP contribution in [0, 0.1) is 17.5 Å². The van der Waals surface area contributed by atoms with Crippen LogP contribution in [0.1, 0.15) is 17.2 Å². The van der Waals surface area contributed by atoms with Gasteiger partial charge in [0.2, 0.25) is 0 Å². The van der Waals surface area contributed by atoms with Crippen LogP contribution in [0.2, 0.25) is 0 Å². The van der Waals surface area contributed by atoms with Crippen molar-refractivity contribution in [2.45, 2.75) is 12.5 Å². The van der Waals surface area contributed by atoms with E-state index < -0.39 is 23.5 Å². The van der Waals surface area contributed by atoms with Gasteiger partial charge >= 0.3 is 0 Å². The second-order valence-electron chi connectivity index (χ2n) is 4.22. The van der Waals surface area contributed by atoms with Crippen molar-refractivity contribution >= 4 is 15.9 Å². The van der Waals surface area contributed by atoms with Crippen LogP contribution in [0.25, 0.3) is 0 Å². The Bertz CT molecular complexity index is 561. The second kappa shape index (κ2) is 5.75. The van der Waals surface area contributed by atoms with E-state index in [0.717, 1.165) is 6.07 Å². The Kier molecular flexibility index (Phi) is 4.27. The summed E-state index contributed by atoms with van der Waals surface area (Å²) < 4.78 is 40.4. The minimum atomic E-state index is -0.684. The molecule has 5 heteroatoms. The first-order valence-electron chi connectivity index (χ1n) is 5.62. The van der Waals surface area contributed by atoms with Gasteiger partial charge in [0.05, 0.1) is 0 Å². The van der Waals surface area contributed by atoms with Gasteiger partial charge in [0.1, 0.15) is 17.5 Å². The minimum Gasteiger partial charge on any atom is -0.324 e. The van der Waals surface area contributed by atoms with Crippen LogP contribution < -0.4 is 5.73 Å². The number of halogens is 4. The molecule has 0 aliphatic heterocycles. The van der Waals surface area contributed by atoms with Crippen LogP contribution in [0.4, 0.5) is 13.2 Å². The largest absolute Gasteiger partial charge is 0.324 e. The zero-order valence-electron chi connectivity index (χ0n) is 9.84. The van der Waals surface area contributed by atoms with E-state index in [1.165, 1.54) is 18.2 Å². The summed E-state index contributed by atoms with van der Waals surface area (Å²) in [6.07, 6.45) is 0.147. The van der Waals surface area contributed by atoms with Crippen molar-refractivity contribution in [1.29, 1.82) is 0 Å². The summed E-state index contributed by atoms with van der Waals surface area (Å²) in [5.41, 5.74) is 6.60. The minimum absolute atomic E-state index is 0.147. The highest BCUT2D eigenvalue weighted by molar-refractivity contribution is 9.10. The second-order valence-corrected chi connectivity index (χ2v) is 5.08. The highest BCUT2D eigenvalue weighted by Crippen LogP contribution is 2.27. The van der Waals surface area contributed by atoms with Crippen molar-refractivity contribution in [2.24, 2.45) is 5.73 Å². The fourth-order valence-electron chi connectivity index (χ4n) is 1.95. The molecule has 0 saturated carbocycles. The Morgan fingerprint density at radius 2 is 1.68 bits per heavy atom. The van der Waals surface area contributed by atoms with Crippen LogP contribution in [0.15, 0.2) is 40.9 Å². The third-order valence-electron chi connectivity index (χ3n) is 2.75. The molecule has 100 valence electrons. The summed E-state index contributed by atoms with van der Waals surface area (Å²) >= 11 is 3.22. The van der Waals surface area contributed by atoms with Gasteiger partial charge in [0.15, 0.2) is 0 Å². The van der Waals surface area contributed by atoms with Gasteiger partial charge in [-0.15, -0.1) is 0 Å². The monoisotopic (exact) mass is 329 g/mol. The lowest BCUT2D eigenvalue weighted by molar-refractivity contribution is 0.565. The van der Waals surface area contributed by atoms with Gasteiger partial charge in [-0.3, -0.25) is 0 Å². The Labute approximate surface area is 117 Å². The predicted molar refractivity (Wildman–Crippen MR) is 71.1 cm³/mol. The molecule has 0 aromatic heterocycles. The molecule has 1 nitrogen and oxygen atoms in total. The molecule has 2 aromatic carbocycles. The van der Waals surface area contributed by atoms with E-state index in [9.17, 15) is 13.2 Å². The molecule has 2 rings (SSSR count). The quantitative estimate of drug-likeness (QED) is 0.901. The summed E-state index contributed by atoms with van der Waals surface area (Å²) in [5.74, 6) is -1.79. The van der Waals surface area contributed by atoms with E-state index in [2.05, 4.69) is 15.9 Å². The van der Waals surface area contributed by atoms with E-state index in [4.69, 9.17) is 5.73 Å². The number of nitrogens with two attached hydrogens (primary N) is 1. The Morgan fingerprint density at radius 3 is 2.26 bits per heavy atom. The van der Waals surface area contributed by atoms with E-state index in [1.807, 2.05) is 0 Å². The molecule has 0 spiro atoms. The van der Waals surface area contributed by atoms with Crippen LogP contribution in [-0.2, 0) is 6.42 Å². The van der Waals surface area contributed by atoms with E-state index >= 15 is 0 Å². The molecular weight excluding hydrogens is 319 g/mol. The number of hydrogen-bond acceptors (Lipinski definition) is 1. The molecule has 0 radical (unpaired) electrons. The highest BCUT2D eigenvalue weighted by Gasteiger charge is 2.16. The zero-order valence-corrected chi connectivity index (χ0v) is 11.4. The van der Waals surface area contributed by atoms with Gasteiger partial charge in [-0.05, 0) is 36.2 Å². The van der Waals surface area contributed by atoms with Crippen molar-refractivity contribution in [1.82, 2.24) is 0 Å². The maximum absolute atomic E-state index is 13.7. The molecule has 0 aliphatic rings. The molecule has 2 aromatic rings. The van der Waals surface area contributed by atoms with Crippen LogP contribution in [0.3, 0.4) is 0 Å². The lowest BCUT2D eigenvalue weighted by Crippen LogP contribution is -2.16. The molecule has 0 saturated heterocycles. The predicted octanol–water partition coefficient (Wildman–Crippen LogP) is 4.11. The normalized spacial score (nSPS) is 12.5. The third-order valence-corrected chi connectivity index (χ3v) is 3.44. The zero-order chi connectivity index (χ0) is 14.0. The van der Waals surface area contributed by atoms with Crippen LogP contribution >= 0.6 is 15.9 Å². The van der Waals surface area contributed by atoms with E-state index in [1.54, 1.807) is 12.1 Å². The number of rotatable bonds is 3. The van der Waals surface area contributed by atoms with Crippen molar-refractivity contribution in [3.63, 3.8) is 0 Å². The molecule has 0 aliphatic carbocycles. The van der Waals surface area contributed by atoms with Gasteiger partial charge in [-0.1, -0.05) is 22.0 Å². The average molecular weight is 330 g/mol. The summed E-state index contributed by atoms with van der Waals surface area (Å²) in [6, 6.07) is 7.01. The number of hydrogen-bond donors (Lipinski definition) is 1. The molecule has 0 fully saturated rings. The SMILES string of the molecule is NC(Cc1cc(F)cc(F)c1)c1c(F)cccc1Br. The highest BCUT2D eigenvalue weighted by atomic mass is 79.9. The Morgan fingerprint density at radius 1 is 1.05 bits per heavy atom. The molecule has 0 bridgehead atoms. The Hall–Kier alpha value is -1.33. The summed E-state index contributed by atoms with van der Waals surface area (Å²) in [7, 11) is 0. The average Bonchev–Trinajstić information content (AvgIpc) is 2.26. The van der Waals surface area contributed by atoms with Crippen molar-refractivity contribution in [3.05, 3.63) is 69.4 Å². The van der Waals surface area contributed by atoms with Gasteiger partial charge in [-0.2, -0.15) is 0 Å². The maximum Gasteiger partial charge on any atom is 0.129 e. The third kappa shape index (κ3) is 3.36. The lowest BCUT2D eigenvalue weighted by atomic mass is 9.99. The summed E-state index contributed by atoms with van der Waals surface area (Å²) in [6.45, 7) is 0. The van der Waals surface area contributed by atoms with Gasteiger partial charge in [0.25, 0.3) is 0 Å². The first-order chi connectivity index (χ1) is 8.97. The molecule has 0 heterocycles. The van der Waals surface area contributed by atoms with E-state index in [-0.39, 0.29) is 6.42 Å². The van der Waals surface area contributed by atoms with Gasteiger partial charge in [-0.25, -0.2) is 13.2 Å². The standard InChI is InChI=1S/C14H11BrF3N/c15-11-2-1-3-12(18)14(11)13(19)6-8-4-9(16)7-10(17)5-8/h1-5,7,13H,6,19H2. The smallest absolute Gasteiger partial charge is 0.129 e. The Balaban J connectivity index is 2.28. The first kappa shape index (κ1) is 14.1. The van der Waals surface area contributed by atoms with E-state index in [0.29, 0.717) is 15.6 Å². The lowest BCUT2D eigenvalue weighted by Gasteiger charge is -2.15. The summed E-state index contributed by atoms with van der Waals surface area (Å²) in [4.78, 5) is 0. The van der Waals surface area contributed by atoms with Crippen LogP contribution in [0.5, 0.6) is 0 Å². The maximum atomic E-state index is 13.7. The van der Waals surface area contributed by atoms with Gasteiger partial charge < -0.3 is 5.73 Å². The van der Waals surface area contributed by atoms with Gasteiger partial charge in [0, 0.05) is 22.1 Å². The van der Waals surface area contributed by atoms with Crippen LogP contribution in [-0.4, -0.2) is 0 Å². The first-order valence-corrected chi connectivity index (χ1v) is 6.41. The topological polar surface area (TPSA) is 26.0 Å². The molecular formula is C14H11BrF3N. The van der Waals surface area contributed by atoms with Crippen molar-refractivity contribution in [2.75, 3.05) is 0 Å². The van der Waals surface area contributed by atoms with Crippen molar-refractivity contribution < 1.29 is 13.2 Å². The molecule has 1 unspecified atom stereocenters. The molecule has 1 atom stereocenters. The molecule has 2 N–H and O–H groups in total.